The van der Waals surface area contributed by atoms with Crippen molar-refractivity contribution < 1.29 is 35.7 Å². The second kappa shape index (κ2) is 5.43. The summed E-state index contributed by atoms with van der Waals surface area (Å²) in [5.41, 5.74) is 0. The number of rotatable bonds is 6. The highest BCUT2D eigenvalue weighted by molar-refractivity contribution is 7.86. The molecule has 0 aliphatic heterocycles. The Labute approximate surface area is 102 Å². The van der Waals surface area contributed by atoms with Crippen molar-refractivity contribution in [2.24, 2.45) is 5.92 Å². The van der Waals surface area contributed by atoms with E-state index in [-0.39, 0.29) is 5.92 Å². The number of hydrogen-bond donors (Lipinski definition) is 0. The Morgan fingerprint density at radius 2 is 2.00 bits per heavy atom. The largest absolute Gasteiger partial charge is 0.743 e. The number of hydrogen-bond acceptors (Lipinski definition) is 5. The average Bonchev–Trinajstić information content (AvgIpc) is 2.12. The first-order valence-corrected chi connectivity index (χ1v) is 6.71. The van der Waals surface area contributed by atoms with Crippen LogP contribution in [-0.4, -0.2) is 37.0 Å². The van der Waals surface area contributed by atoms with Crippen molar-refractivity contribution in [2.75, 3.05) is 6.61 Å². The van der Waals surface area contributed by atoms with E-state index in [2.05, 4.69) is 4.74 Å². The van der Waals surface area contributed by atoms with E-state index in [4.69, 9.17) is 0 Å². The van der Waals surface area contributed by atoms with E-state index in [9.17, 15) is 30.9 Å². The van der Waals surface area contributed by atoms with Crippen LogP contribution in [0.2, 0.25) is 0 Å². The van der Waals surface area contributed by atoms with Crippen molar-refractivity contribution in [1.29, 1.82) is 0 Å². The van der Waals surface area contributed by atoms with Gasteiger partial charge in [-0.2, -0.15) is 8.78 Å². The lowest BCUT2D eigenvalue weighted by molar-refractivity contribution is -0.152. The standard InChI is InChI=1S/C9H13F3O5S/c10-7(9(11,12)18(14,15)16)4-5-17-8(13)6-2-1-3-6/h6-7H,1-5H2,(H,14,15,16)/p-1. The highest BCUT2D eigenvalue weighted by Gasteiger charge is 2.47. The maximum absolute atomic E-state index is 12.9. The van der Waals surface area contributed by atoms with Gasteiger partial charge in [0.25, 0.3) is 0 Å². The summed E-state index contributed by atoms with van der Waals surface area (Å²) in [5, 5.41) is -5.00. The van der Waals surface area contributed by atoms with Gasteiger partial charge in [0.15, 0.2) is 16.3 Å². The van der Waals surface area contributed by atoms with Gasteiger partial charge in [-0.3, -0.25) is 4.79 Å². The normalized spacial score (nSPS) is 19.1. The number of halogens is 3. The molecule has 9 heteroatoms. The fourth-order valence-corrected chi connectivity index (χ4v) is 1.78. The number of carbonyl (C=O) groups excluding carboxylic acids is 1. The zero-order valence-corrected chi connectivity index (χ0v) is 10.1. The third-order valence-corrected chi connectivity index (χ3v) is 3.67. The summed E-state index contributed by atoms with van der Waals surface area (Å²) >= 11 is 0. The Kier molecular flexibility index (Phi) is 4.60. The molecule has 0 aromatic heterocycles. The van der Waals surface area contributed by atoms with E-state index >= 15 is 0 Å². The van der Waals surface area contributed by atoms with Gasteiger partial charge >= 0.3 is 11.2 Å². The first kappa shape index (κ1) is 15.2. The average molecular weight is 289 g/mol. The number of carbonyl (C=O) groups is 1. The smallest absolute Gasteiger partial charge is 0.364 e. The highest BCUT2D eigenvalue weighted by atomic mass is 32.2. The molecule has 18 heavy (non-hydrogen) atoms. The Morgan fingerprint density at radius 3 is 2.39 bits per heavy atom. The van der Waals surface area contributed by atoms with Crippen LogP contribution < -0.4 is 0 Å². The van der Waals surface area contributed by atoms with Crippen LogP contribution in [-0.2, 0) is 19.6 Å². The molecule has 0 radical (unpaired) electrons. The minimum Gasteiger partial charge on any atom is -0.743 e. The SMILES string of the molecule is O=C(OCCC(F)C(F)(F)S(=O)(=O)[O-])C1CCC1. The van der Waals surface area contributed by atoms with Crippen molar-refractivity contribution in [3.63, 3.8) is 0 Å². The van der Waals surface area contributed by atoms with E-state index < -0.39 is 40.5 Å². The lowest BCUT2D eigenvalue weighted by atomic mass is 9.86. The van der Waals surface area contributed by atoms with Gasteiger partial charge in [-0.15, -0.1) is 0 Å². The second-order valence-electron chi connectivity index (χ2n) is 4.07. The topological polar surface area (TPSA) is 83.5 Å². The molecule has 1 atom stereocenters. The van der Waals surface area contributed by atoms with Crippen LogP contribution in [0.1, 0.15) is 25.7 Å². The fourth-order valence-electron chi connectivity index (χ4n) is 1.35. The number of ether oxygens (including phenoxy) is 1. The third kappa shape index (κ3) is 3.35. The summed E-state index contributed by atoms with van der Waals surface area (Å²) in [6, 6.07) is 0. The third-order valence-electron chi connectivity index (χ3n) is 2.75. The zero-order valence-electron chi connectivity index (χ0n) is 9.27. The molecule has 0 amide bonds. The molecule has 106 valence electrons. The fraction of sp³-hybridized carbons (Fsp3) is 0.889. The molecule has 1 saturated carbocycles. The van der Waals surface area contributed by atoms with Gasteiger partial charge in [-0.05, 0) is 12.8 Å². The Balaban J connectivity index is 2.36. The Bertz CT molecular complexity index is 404. The van der Waals surface area contributed by atoms with Gasteiger partial charge in [0.2, 0.25) is 0 Å². The van der Waals surface area contributed by atoms with Crippen LogP contribution >= 0.6 is 0 Å². The molecule has 0 saturated heterocycles. The van der Waals surface area contributed by atoms with Crippen LogP contribution in [0.25, 0.3) is 0 Å². The second-order valence-corrected chi connectivity index (χ2v) is 5.52. The van der Waals surface area contributed by atoms with Crippen molar-refractivity contribution >= 4 is 16.1 Å². The molecule has 5 nitrogen and oxygen atoms in total. The number of esters is 1. The predicted octanol–water partition coefficient (Wildman–Crippen LogP) is 1.20. The molecule has 0 spiro atoms. The molecule has 0 N–H and O–H groups in total. The molecule has 1 fully saturated rings. The molecule has 0 heterocycles. The maximum atomic E-state index is 12.9. The molecule has 0 bridgehead atoms. The van der Waals surface area contributed by atoms with Crippen LogP contribution in [0.5, 0.6) is 0 Å². The van der Waals surface area contributed by atoms with Gasteiger partial charge < -0.3 is 9.29 Å². The van der Waals surface area contributed by atoms with Crippen molar-refractivity contribution in [3.8, 4) is 0 Å². The van der Waals surface area contributed by atoms with Gasteiger partial charge in [-0.1, -0.05) is 6.42 Å². The highest BCUT2D eigenvalue weighted by Crippen LogP contribution is 2.30. The summed E-state index contributed by atoms with van der Waals surface area (Å²) in [6.45, 7) is -0.679. The molecule has 0 aromatic rings. The summed E-state index contributed by atoms with van der Waals surface area (Å²) in [6.07, 6.45) is -2.06. The molecular weight excluding hydrogens is 277 g/mol. The molecule has 1 unspecified atom stereocenters. The minimum atomic E-state index is -6.06. The van der Waals surface area contributed by atoms with Crippen LogP contribution in [0.3, 0.4) is 0 Å². The first-order valence-electron chi connectivity index (χ1n) is 5.30. The molecule has 1 aliphatic rings. The Hall–Kier alpha value is -0.830. The van der Waals surface area contributed by atoms with Gasteiger partial charge in [-0.25, -0.2) is 12.8 Å². The van der Waals surface area contributed by atoms with E-state index in [0.29, 0.717) is 12.8 Å². The molecule has 1 rings (SSSR count). The van der Waals surface area contributed by atoms with Gasteiger partial charge in [0.05, 0.1) is 12.5 Å². The van der Waals surface area contributed by atoms with Crippen LogP contribution in [0.4, 0.5) is 13.2 Å². The van der Waals surface area contributed by atoms with Gasteiger partial charge in [0, 0.05) is 6.42 Å². The predicted molar refractivity (Wildman–Crippen MR) is 52.5 cm³/mol. The van der Waals surface area contributed by atoms with E-state index in [0.717, 1.165) is 6.42 Å². The number of alkyl halides is 3. The van der Waals surface area contributed by atoms with Crippen molar-refractivity contribution in [2.45, 2.75) is 37.1 Å². The van der Waals surface area contributed by atoms with E-state index in [1.807, 2.05) is 0 Å². The van der Waals surface area contributed by atoms with Crippen LogP contribution in [0.15, 0.2) is 0 Å². The van der Waals surface area contributed by atoms with E-state index in [1.54, 1.807) is 0 Å². The maximum Gasteiger partial charge on any atom is 0.364 e. The monoisotopic (exact) mass is 289 g/mol. The first-order chi connectivity index (χ1) is 8.16. The summed E-state index contributed by atoms with van der Waals surface area (Å²) in [7, 11) is -6.06. The quantitative estimate of drug-likeness (QED) is 0.542. The van der Waals surface area contributed by atoms with Crippen molar-refractivity contribution in [1.82, 2.24) is 0 Å². The van der Waals surface area contributed by atoms with Gasteiger partial charge in [0.1, 0.15) is 0 Å². The lowest BCUT2D eigenvalue weighted by Crippen LogP contribution is -2.39. The van der Waals surface area contributed by atoms with Crippen LogP contribution in [0, 0.1) is 5.92 Å². The van der Waals surface area contributed by atoms with Crippen molar-refractivity contribution in [3.05, 3.63) is 0 Å². The Morgan fingerprint density at radius 1 is 1.44 bits per heavy atom. The molecule has 1 aliphatic carbocycles. The summed E-state index contributed by atoms with van der Waals surface area (Å²) in [4.78, 5) is 11.1. The zero-order chi connectivity index (χ0) is 14.0. The molecular formula is C9H12F3O5S-. The summed E-state index contributed by atoms with van der Waals surface area (Å²) in [5.74, 6) is -0.895. The lowest BCUT2D eigenvalue weighted by Gasteiger charge is -2.25. The van der Waals surface area contributed by atoms with E-state index in [1.165, 1.54) is 0 Å². The summed E-state index contributed by atoms with van der Waals surface area (Å²) < 4.78 is 73.1. The molecule has 0 aromatic carbocycles. The minimum absolute atomic E-state index is 0.285.